The highest BCUT2D eigenvalue weighted by Crippen LogP contribution is 2.55. The van der Waals surface area contributed by atoms with Gasteiger partial charge < -0.3 is 33.2 Å². The van der Waals surface area contributed by atoms with Crippen LogP contribution in [0.1, 0.15) is 71.6 Å². The summed E-state index contributed by atoms with van der Waals surface area (Å²) in [6.07, 6.45) is 23.6. The van der Waals surface area contributed by atoms with Gasteiger partial charge in [0.15, 0.2) is 0 Å². The first kappa shape index (κ1) is 42.4. The van der Waals surface area contributed by atoms with Gasteiger partial charge in [0, 0.05) is 60.2 Å². The molecule has 2 aliphatic carbocycles. The average Bonchev–Trinajstić information content (AvgIpc) is 3.98. The van der Waals surface area contributed by atoms with Gasteiger partial charge in [-0.1, -0.05) is 31.9 Å². The van der Waals surface area contributed by atoms with Gasteiger partial charge in [-0.15, -0.1) is 0 Å². The van der Waals surface area contributed by atoms with Crippen molar-refractivity contribution in [1.29, 1.82) is 0 Å². The van der Waals surface area contributed by atoms with Crippen molar-refractivity contribution in [3.63, 3.8) is 0 Å². The minimum Gasteiger partial charge on any atom is -0.502 e. The van der Waals surface area contributed by atoms with E-state index in [-0.39, 0.29) is 29.5 Å². The van der Waals surface area contributed by atoms with Crippen molar-refractivity contribution in [1.82, 2.24) is 0 Å². The molecule has 53 heavy (non-hydrogen) atoms. The number of esters is 6. The van der Waals surface area contributed by atoms with Crippen LogP contribution in [-0.4, -0.2) is 74.5 Å². The molecular formula is C40H50O13. The summed E-state index contributed by atoms with van der Waals surface area (Å²) in [5, 5.41) is 0. The van der Waals surface area contributed by atoms with E-state index in [4.69, 9.17) is 18.9 Å². The molecule has 0 aromatic rings. The van der Waals surface area contributed by atoms with Gasteiger partial charge in [0.2, 0.25) is 0 Å². The van der Waals surface area contributed by atoms with Crippen molar-refractivity contribution in [3.05, 3.63) is 85.4 Å². The van der Waals surface area contributed by atoms with Gasteiger partial charge in [0.25, 0.3) is 0 Å². The standard InChI is InChI=1S/C10H14O.C7H10O2.C5H4O3.C5H6O2.C5H8O.C4H2O3.C4H6O/c1-2-9-5-8(1)6-10(9)3-4-11-7-10;1-5-4-7(2,3)9-6(5)8;1-3-2-4(6)8-5(3)7;1-4-2-3-7-5(4)6;1-2-4-6-5-3-1;5-3-1-2-4(6)7-3;1-2-4-5-3-1/h1-2,8-9H,3-7H2;1,4H2,2-3H3;1-2H2;1-3H2;2,4H,1,3,5H2;1-2H;1,3H,2,4H2. The van der Waals surface area contributed by atoms with Gasteiger partial charge in [-0.05, 0) is 69.9 Å². The Bertz CT molecular complexity index is 1440. The minimum absolute atomic E-state index is 0.0544. The van der Waals surface area contributed by atoms with E-state index in [0.29, 0.717) is 36.0 Å². The van der Waals surface area contributed by atoms with Crippen LogP contribution in [-0.2, 0) is 61.9 Å². The molecule has 9 rings (SSSR count). The summed E-state index contributed by atoms with van der Waals surface area (Å²) in [5.41, 5.74) is 1.71. The van der Waals surface area contributed by atoms with E-state index in [0.717, 1.165) is 56.8 Å². The van der Waals surface area contributed by atoms with E-state index in [2.05, 4.69) is 46.1 Å². The molecule has 0 aromatic heterocycles. The molecule has 0 N–H and O–H groups in total. The quantitative estimate of drug-likeness (QED) is 0.0989. The van der Waals surface area contributed by atoms with Gasteiger partial charge in [0.1, 0.15) is 5.60 Å². The first-order valence-corrected chi connectivity index (χ1v) is 17.6. The van der Waals surface area contributed by atoms with Gasteiger partial charge in [0.05, 0.1) is 45.4 Å². The molecule has 13 heteroatoms. The molecule has 0 radical (unpaired) electrons. The number of fused-ring (bicyclic) bond motifs is 3. The highest BCUT2D eigenvalue weighted by atomic mass is 16.6. The summed E-state index contributed by atoms with van der Waals surface area (Å²) >= 11 is 0. The van der Waals surface area contributed by atoms with Crippen molar-refractivity contribution in [2.75, 3.05) is 33.0 Å². The fraction of sp³-hybridized carbons (Fsp3) is 0.500. The Labute approximate surface area is 310 Å². The lowest BCUT2D eigenvalue weighted by Crippen LogP contribution is -2.25. The maximum atomic E-state index is 10.7. The molecule has 13 nitrogen and oxygen atoms in total. The number of cyclic esters (lactones) is 6. The second kappa shape index (κ2) is 20.9. The summed E-state index contributed by atoms with van der Waals surface area (Å²) in [7, 11) is 0. The van der Waals surface area contributed by atoms with Crippen molar-refractivity contribution in [3.8, 4) is 0 Å². The van der Waals surface area contributed by atoms with Crippen LogP contribution in [0.3, 0.4) is 0 Å². The number of carbonyl (C=O) groups is 6. The first-order chi connectivity index (χ1) is 25.2. The fourth-order valence-electron chi connectivity index (χ4n) is 6.14. The Morgan fingerprint density at radius 2 is 1.43 bits per heavy atom. The lowest BCUT2D eigenvalue weighted by Gasteiger charge is -2.28. The average molecular weight is 739 g/mol. The molecule has 3 atom stereocenters. The minimum atomic E-state index is -0.588. The van der Waals surface area contributed by atoms with Gasteiger partial charge in [-0.2, -0.15) is 0 Å². The van der Waals surface area contributed by atoms with E-state index in [1.54, 1.807) is 12.5 Å². The third kappa shape index (κ3) is 14.8. The molecule has 0 amide bonds. The first-order valence-electron chi connectivity index (χ1n) is 17.6. The molecule has 2 bridgehead atoms. The summed E-state index contributed by atoms with van der Waals surface area (Å²) in [6.45, 7) is 18.4. The van der Waals surface area contributed by atoms with Crippen LogP contribution in [0.5, 0.6) is 0 Å². The van der Waals surface area contributed by atoms with Gasteiger partial charge in [-0.3, -0.25) is 4.79 Å². The van der Waals surface area contributed by atoms with Crippen molar-refractivity contribution < 1.29 is 61.9 Å². The van der Waals surface area contributed by atoms with E-state index < -0.39 is 23.9 Å². The fourth-order valence-corrected chi connectivity index (χ4v) is 6.14. The van der Waals surface area contributed by atoms with Crippen molar-refractivity contribution in [2.24, 2.45) is 17.3 Å². The van der Waals surface area contributed by atoms with E-state index in [1.807, 2.05) is 26.0 Å². The summed E-state index contributed by atoms with van der Waals surface area (Å²) in [4.78, 5) is 61.2. The molecule has 3 unspecified atom stereocenters. The Kier molecular flexibility index (Phi) is 16.7. The maximum Gasteiger partial charge on any atom is 0.341 e. The van der Waals surface area contributed by atoms with Crippen LogP contribution in [0, 0.1) is 17.3 Å². The van der Waals surface area contributed by atoms with Crippen LogP contribution in [0.2, 0.25) is 0 Å². The predicted octanol–water partition coefficient (Wildman–Crippen LogP) is 5.62. The number of ether oxygens (including phenoxy) is 7. The summed E-state index contributed by atoms with van der Waals surface area (Å²) in [5.74, 6) is -0.957. The number of rotatable bonds is 0. The van der Waals surface area contributed by atoms with Crippen molar-refractivity contribution >= 4 is 35.8 Å². The highest BCUT2D eigenvalue weighted by Gasteiger charge is 2.50. The Balaban J connectivity index is 0.000000169. The molecule has 1 spiro atoms. The number of allylic oxidation sites excluding steroid dienone is 3. The zero-order valence-electron chi connectivity index (χ0n) is 30.6. The molecule has 7 heterocycles. The zero-order chi connectivity index (χ0) is 38.9. The predicted molar refractivity (Wildman–Crippen MR) is 191 cm³/mol. The zero-order valence-corrected chi connectivity index (χ0v) is 30.6. The smallest absolute Gasteiger partial charge is 0.341 e. The maximum absolute atomic E-state index is 10.7. The molecule has 288 valence electrons. The largest absolute Gasteiger partial charge is 0.502 e. The van der Waals surface area contributed by atoms with E-state index in [1.165, 1.54) is 32.1 Å². The van der Waals surface area contributed by atoms with E-state index >= 15 is 0 Å². The third-order valence-electron chi connectivity index (χ3n) is 8.81. The molecule has 1 saturated carbocycles. The monoisotopic (exact) mass is 738 g/mol. The van der Waals surface area contributed by atoms with Crippen LogP contribution >= 0.6 is 0 Å². The second-order valence-corrected chi connectivity index (χ2v) is 13.8. The molecule has 5 fully saturated rings. The Morgan fingerprint density at radius 3 is 1.66 bits per heavy atom. The molecular weight excluding hydrogens is 688 g/mol. The number of hydrogen-bond acceptors (Lipinski definition) is 13. The van der Waals surface area contributed by atoms with Gasteiger partial charge in [-0.25, -0.2) is 24.0 Å². The lowest BCUT2D eigenvalue weighted by atomic mass is 9.75. The summed E-state index contributed by atoms with van der Waals surface area (Å²) in [6, 6.07) is 0. The SMILES string of the molecule is C1=CC2CC1CC21CCOC1.C1=COCC1.C1=COCCC1.C=C1CC(=O)OC1=O.C=C1CC(C)(C)OC1=O.C=C1CCOC1=O.O=C1C=CC(=O)O1. The summed E-state index contributed by atoms with van der Waals surface area (Å²) < 4.78 is 32.7. The lowest BCUT2D eigenvalue weighted by molar-refractivity contribution is -0.152. The second-order valence-electron chi connectivity index (χ2n) is 13.8. The Hall–Kier alpha value is -5.04. The van der Waals surface area contributed by atoms with Crippen LogP contribution < -0.4 is 0 Å². The highest BCUT2D eigenvalue weighted by molar-refractivity contribution is 6.05. The van der Waals surface area contributed by atoms with E-state index in [9.17, 15) is 28.8 Å². The number of carbonyl (C=O) groups excluding carboxylic acids is 6. The third-order valence-corrected chi connectivity index (χ3v) is 8.81. The van der Waals surface area contributed by atoms with Crippen LogP contribution in [0.15, 0.2) is 85.4 Å². The van der Waals surface area contributed by atoms with Crippen molar-refractivity contribution in [2.45, 2.75) is 77.2 Å². The molecule has 9 aliphatic rings. The normalized spacial score (nSPS) is 27.1. The molecule has 0 aromatic carbocycles. The van der Waals surface area contributed by atoms with Crippen LogP contribution in [0.25, 0.3) is 0 Å². The van der Waals surface area contributed by atoms with Crippen LogP contribution in [0.4, 0.5) is 0 Å². The number of hydrogen-bond donors (Lipinski definition) is 0. The molecule has 7 aliphatic heterocycles. The van der Waals surface area contributed by atoms with Gasteiger partial charge >= 0.3 is 35.8 Å². The Morgan fingerprint density at radius 1 is 0.736 bits per heavy atom. The topological polar surface area (TPSA) is 167 Å². The molecule has 4 saturated heterocycles.